The Labute approximate surface area is 179 Å². The van der Waals surface area contributed by atoms with E-state index in [-0.39, 0.29) is 0 Å². The molecule has 2 rings (SSSR count). The van der Waals surface area contributed by atoms with Crippen molar-refractivity contribution in [1.82, 2.24) is 0 Å². The lowest BCUT2D eigenvalue weighted by molar-refractivity contribution is -0.335. The zero-order valence-corrected chi connectivity index (χ0v) is 17.2. The van der Waals surface area contributed by atoms with Gasteiger partial charge >= 0.3 is 26.8 Å². The fraction of sp³-hybridized carbons (Fsp3) is 0.917. The molecule has 0 spiro atoms. The maximum atomic E-state index is 11.3. The van der Waals surface area contributed by atoms with Crippen LogP contribution in [-0.4, -0.2) is 125 Å². The molecule has 0 aromatic rings. The van der Waals surface area contributed by atoms with E-state index in [4.69, 9.17) is 34.2 Å². The van der Waals surface area contributed by atoms with Crippen molar-refractivity contribution in [1.29, 1.82) is 0 Å². The normalized spacial score (nSPS) is 41.3. The highest BCUT2D eigenvalue weighted by molar-refractivity contribution is 7.81. The van der Waals surface area contributed by atoms with Crippen LogP contribution in [0.25, 0.3) is 0 Å². The fourth-order valence-electron chi connectivity index (χ4n) is 2.96. The molecular weight excluding hydrogens is 494 g/mol. The highest BCUT2D eigenvalue weighted by atomic mass is 32.3. The molecule has 2 fully saturated rings. The molecule has 0 aliphatic carbocycles. The van der Waals surface area contributed by atoms with E-state index in [9.17, 15) is 42.1 Å². The molecule has 0 aromatic carbocycles. The topological polar surface area (TPSA) is 299 Å². The fourth-order valence-corrected chi connectivity index (χ4v) is 3.75. The van der Waals surface area contributed by atoms with Crippen molar-refractivity contribution < 1.29 is 78.8 Å². The summed E-state index contributed by atoms with van der Waals surface area (Å²) in [6, 6.07) is -1.61. The first-order valence-electron chi connectivity index (χ1n) is 8.46. The van der Waals surface area contributed by atoms with Gasteiger partial charge in [-0.2, -0.15) is 16.8 Å². The van der Waals surface area contributed by atoms with Gasteiger partial charge in [-0.05, 0) is 0 Å². The summed E-state index contributed by atoms with van der Waals surface area (Å²) in [5.74, 6) is -1.84. The second-order valence-corrected chi connectivity index (χ2v) is 8.82. The Bertz CT molecular complexity index is 878. The summed E-state index contributed by atoms with van der Waals surface area (Å²) in [6.07, 6.45) is -18.9. The number of ether oxygens (including phenoxy) is 3. The molecule has 0 saturated carbocycles. The molecule has 2 heterocycles. The van der Waals surface area contributed by atoms with Gasteiger partial charge in [0.15, 0.2) is 24.8 Å². The molecule has 9 N–H and O–H groups in total. The molecule has 0 amide bonds. The first-order chi connectivity index (χ1) is 14.5. The third kappa shape index (κ3) is 6.71. The van der Waals surface area contributed by atoms with Gasteiger partial charge in [-0.15, -0.1) is 0 Å². The van der Waals surface area contributed by atoms with Crippen LogP contribution in [0.3, 0.4) is 0 Å². The van der Waals surface area contributed by atoms with Crippen molar-refractivity contribution in [2.24, 2.45) is 5.73 Å². The van der Waals surface area contributed by atoms with Gasteiger partial charge in [0.05, 0.1) is 12.6 Å². The van der Waals surface area contributed by atoms with Gasteiger partial charge < -0.3 is 45.5 Å². The van der Waals surface area contributed by atoms with E-state index >= 15 is 0 Å². The lowest BCUT2D eigenvalue weighted by Gasteiger charge is -2.45. The summed E-state index contributed by atoms with van der Waals surface area (Å²) >= 11 is 0. The summed E-state index contributed by atoms with van der Waals surface area (Å²) in [7, 11) is -10.4. The van der Waals surface area contributed by atoms with Crippen molar-refractivity contribution >= 4 is 26.8 Å². The van der Waals surface area contributed by atoms with E-state index in [1.165, 1.54) is 0 Å². The van der Waals surface area contributed by atoms with E-state index in [0.29, 0.717) is 0 Å². The standard InChI is InChI=1S/C12H21NO17S2/c13-3-4(14)7(2(27-11(3)19)1-26-31(20,21)22)28-12-9(30-32(23,24)25)6(16)5(15)8(29-12)10(17)18/h2-9,11-12,14-16,19H,1,13H2,(H,17,18)(H,20,21,22)(H,23,24,25)/t2-,3-,4-,5+,6+,7-,8+,9-,11+,12-/m1/s1. The number of hydrogen-bond acceptors (Lipinski definition) is 15. The summed E-state index contributed by atoms with van der Waals surface area (Å²) in [6.45, 7) is -1.10. The van der Waals surface area contributed by atoms with Gasteiger partial charge in [-0.1, -0.05) is 0 Å². The van der Waals surface area contributed by atoms with Crippen LogP contribution in [0.15, 0.2) is 0 Å². The summed E-state index contributed by atoms with van der Waals surface area (Å²) in [4.78, 5) is 11.3. The van der Waals surface area contributed by atoms with Crippen LogP contribution in [-0.2, 0) is 48.2 Å². The zero-order valence-electron chi connectivity index (χ0n) is 15.6. The largest absolute Gasteiger partial charge is 0.479 e. The Morgan fingerprint density at radius 3 is 2.00 bits per heavy atom. The SMILES string of the molecule is N[C@@H]1[C@@H](O)[C@H](O[C@@H]2O[C@H](C(=O)O)[C@@H](O)[C@H](O)[C@H]2OS(=O)(=O)O)[C@@H](COS(=O)(=O)O)O[C@@H]1O. The van der Waals surface area contributed by atoms with Crippen LogP contribution in [0, 0.1) is 0 Å². The Morgan fingerprint density at radius 2 is 1.50 bits per heavy atom. The number of carbonyl (C=O) groups is 1. The lowest BCUT2D eigenvalue weighted by atomic mass is 9.96. The molecule has 32 heavy (non-hydrogen) atoms. The van der Waals surface area contributed by atoms with Crippen LogP contribution in [0.5, 0.6) is 0 Å². The highest BCUT2D eigenvalue weighted by Crippen LogP contribution is 2.30. The summed E-state index contributed by atoms with van der Waals surface area (Å²) in [5.41, 5.74) is 5.52. The monoisotopic (exact) mass is 515 g/mol. The third-order valence-corrected chi connectivity index (χ3v) is 5.33. The minimum Gasteiger partial charge on any atom is -0.479 e. The summed E-state index contributed by atoms with van der Waals surface area (Å²) in [5, 5.41) is 49.1. The number of aliphatic hydroxyl groups is 4. The van der Waals surface area contributed by atoms with Crippen molar-refractivity contribution in [3.05, 3.63) is 0 Å². The molecule has 2 saturated heterocycles. The van der Waals surface area contributed by atoms with E-state index in [0.717, 1.165) is 0 Å². The number of nitrogens with two attached hydrogens (primary N) is 1. The highest BCUT2D eigenvalue weighted by Gasteiger charge is 2.53. The van der Waals surface area contributed by atoms with Gasteiger partial charge in [0.25, 0.3) is 0 Å². The second-order valence-electron chi connectivity index (χ2n) is 6.68. The predicted molar refractivity (Wildman–Crippen MR) is 92.0 cm³/mol. The van der Waals surface area contributed by atoms with E-state index < -0.39 is 94.7 Å². The van der Waals surface area contributed by atoms with Crippen LogP contribution < -0.4 is 5.73 Å². The first kappa shape index (κ1) is 27.1. The number of carboxylic acids is 1. The van der Waals surface area contributed by atoms with E-state index in [1.54, 1.807) is 0 Å². The smallest absolute Gasteiger partial charge is 0.397 e. The molecule has 2 aliphatic rings. The van der Waals surface area contributed by atoms with E-state index in [1.807, 2.05) is 0 Å². The number of aliphatic carboxylic acids is 1. The number of rotatable bonds is 8. The molecule has 0 aromatic heterocycles. The second kappa shape index (κ2) is 10.0. The minimum atomic E-state index is -5.34. The van der Waals surface area contributed by atoms with Crippen molar-refractivity contribution in [3.63, 3.8) is 0 Å². The third-order valence-electron chi connectivity index (χ3n) is 4.44. The Hall–Kier alpha value is -1.11. The summed E-state index contributed by atoms with van der Waals surface area (Å²) < 4.78 is 84.8. The van der Waals surface area contributed by atoms with Crippen LogP contribution in [0.1, 0.15) is 0 Å². The Balaban J connectivity index is 2.36. The number of hydrogen-bond donors (Lipinski definition) is 8. The molecular formula is C12H21NO17S2. The maximum absolute atomic E-state index is 11.3. The molecule has 0 bridgehead atoms. The zero-order chi connectivity index (χ0) is 24.6. The molecule has 0 unspecified atom stereocenters. The van der Waals surface area contributed by atoms with Crippen molar-refractivity contribution in [3.8, 4) is 0 Å². The van der Waals surface area contributed by atoms with Crippen molar-refractivity contribution in [2.45, 2.75) is 61.3 Å². The predicted octanol–water partition coefficient (Wildman–Crippen LogP) is -5.68. The lowest BCUT2D eigenvalue weighted by Crippen LogP contribution is -2.66. The molecule has 18 nitrogen and oxygen atoms in total. The van der Waals surface area contributed by atoms with Crippen LogP contribution in [0.4, 0.5) is 0 Å². The molecule has 188 valence electrons. The first-order valence-corrected chi connectivity index (χ1v) is 11.2. The average Bonchev–Trinajstić information content (AvgIpc) is 2.64. The molecule has 2 aliphatic heterocycles. The Morgan fingerprint density at radius 1 is 0.906 bits per heavy atom. The minimum absolute atomic E-state index is 1.10. The number of carboxylic acid groups (broad SMARTS) is 1. The van der Waals surface area contributed by atoms with E-state index in [2.05, 4.69) is 8.37 Å². The van der Waals surface area contributed by atoms with Crippen LogP contribution >= 0.6 is 0 Å². The molecule has 0 radical (unpaired) electrons. The van der Waals surface area contributed by atoms with Gasteiger partial charge in [0.1, 0.15) is 30.5 Å². The molecule has 10 atom stereocenters. The van der Waals surface area contributed by atoms with Crippen LogP contribution in [0.2, 0.25) is 0 Å². The van der Waals surface area contributed by atoms with Gasteiger partial charge in [-0.3, -0.25) is 9.11 Å². The quantitative estimate of drug-likeness (QED) is 0.140. The van der Waals surface area contributed by atoms with Gasteiger partial charge in [0, 0.05) is 0 Å². The molecule has 20 heteroatoms. The average molecular weight is 515 g/mol. The van der Waals surface area contributed by atoms with Crippen molar-refractivity contribution in [2.75, 3.05) is 6.61 Å². The van der Waals surface area contributed by atoms with Gasteiger partial charge in [0.2, 0.25) is 0 Å². The van der Waals surface area contributed by atoms with Gasteiger partial charge in [-0.25, -0.2) is 13.2 Å². The number of aliphatic hydroxyl groups excluding tert-OH is 4. The maximum Gasteiger partial charge on any atom is 0.397 e. The Kier molecular flexibility index (Phi) is 8.50.